The molecule has 0 aromatic heterocycles. The molecule has 1 rings (SSSR count). The fourth-order valence-corrected chi connectivity index (χ4v) is 2.50. The third-order valence-electron chi connectivity index (χ3n) is 2.74. The van der Waals surface area contributed by atoms with Gasteiger partial charge in [0.2, 0.25) is 0 Å². The van der Waals surface area contributed by atoms with Crippen LogP contribution in [-0.2, 0) is 5.41 Å². The molecule has 4 heteroatoms. The Hall–Kier alpha value is -0.740. The van der Waals surface area contributed by atoms with E-state index in [1.165, 1.54) is 0 Å². The largest absolute Gasteiger partial charge is 0.493 e. The number of ether oxygens (including phenoxy) is 2. The number of hydrogen-bond donors (Lipinski definition) is 1. The number of aliphatic hydroxyl groups excluding tert-OH is 1. The van der Waals surface area contributed by atoms with Crippen LogP contribution in [0.15, 0.2) is 16.6 Å². The lowest BCUT2D eigenvalue weighted by Gasteiger charge is -2.25. The molecule has 0 fully saturated rings. The third kappa shape index (κ3) is 3.39. The molecule has 3 nitrogen and oxygen atoms in total. The standard InChI is InChI=1S/C14H21BrO3/c1-9(2)18-13-6-10(14(3,4)8-16)11(15)7-12(13)17-5/h6-7,9,16H,8H2,1-5H3. The van der Waals surface area contributed by atoms with Crippen LogP contribution in [0.2, 0.25) is 0 Å². The fraction of sp³-hybridized carbons (Fsp3) is 0.571. The number of aliphatic hydroxyl groups is 1. The number of methoxy groups -OCH3 is 1. The molecule has 1 N–H and O–H groups in total. The SMILES string of the molecule is COc1cc(Br)c(C(C)(C)CO)cc1OC(C)C. The normalized spacial score (nSPS) is 11.8. The Kier molecular flexibility index (Phi) is 5.05. The summed E-state index contributed by atoms with van der Waals surface area (Å²) in [6.07, 6.45) is 0.0742. The zero-order chi connectivity index (χ0) is 13.9. The molecule has 0 bridgehead atoms. The van der Waals surface area contributed by atoms with Gasteiger partial charge in [-0.25, -0.2) is 0 Å². The summed E-state index contributed by atoms with van der Waals surface area (Å²) < 4.78 is 12.0. The monoisotopic (exact) mass is 316 g/mol. The third-order valence-corrected chi connectivity index (χ3v) is 3.40. The predicted molar refractivity (Wildman–Crippen MR) is 76.6 cm³/mol. The Balaban J connectivity index is 3.29. The summed E-state index contributed by atoms with van der Waals surface area (Å²) in [5.41, 5.74) is 0.668. The van der Waals surface area contributed by atoms with E-state index < -0.39 is 0 Å². The molecule has 0 spiro atoms. The van der Waals surface area contributed by atoms with Crippen molar-refractivity contribution in [1.29, 1.82) is 0 Å². The summed E-state index contributed by atoms with van der Waals surface area (Å²) in [5.74, 6) is 1.39. The van der Waals surface area contributed by atoms with E-state index in [9.17, 15) is 5.11 Å². The van der Waals surface area contributed by atoms with Crippen LogP contribution in [0.1, 0.15) is 33.3 Å². The smallest absolute Gasteiger partial charge is 0.161 e. The zero-order valence-corrected chi connectivity index (χ0v) is 13.2. The molecule has 0 aliphatic carbocycles. The molecule has 1 aromatic carbocycles. The molecule has 0 saturated heterocycles. The van der Waals surface area contributed by atoms with Crippen LogP contribution < -0.4 is 9.47 Å². The van der Waals surface area contributed by atoms with E-state index in [4.69, 9.17) is 9.47 Å². The average molecular weight is 317 g/mol. The zero-order valence-electron chi connectivity index (χ0n) is 11.6. The van der Waals surface area contributed by atoms with Crippen molar-refractivity contribution >= 4 is 15.9 Å². The van der Waals surface area contributed by atoms with E-state index >= 15 is 0 Å². The van der Waals surface area contributed by atoms with E-state index in [1.54, 1.807) is 7.11 Å². The first kappa shape index (κ1) is 15.3. The van der Waals surface area contributed by atoms with Crippen LogP contribution in [0.4, 0.5) is 0 Å². The van der Waals surface area contributed by atoms with Gasteiger partial charge in [0.05, 0.1) is 19.8 Å². The first-order valence-corrected chi connectivity index (χ1v) is 6.76. The molecule has 0 aliphatic rings. The van der Waals surface area contributed by atoms with Crippen molar-refractivity contribution in [1.82, 2.24) is 0 Å². The van der Waals surface area contributed by atoms with Gasteiger partial charge in [0.15, 0.2) is 11.5 Å². The average Bonchev–Trinajstić information content (AvgIpc) is 2.30. The second-order valence-corrected chi connectivity index (χ2v) is 6.05. The van der Waals surface area contributed by atoms with Gasteiger partial charge >= 0.3 is 0 Å². The molecule has 0 heterocycles. The van der Waals surface area contributed by atoms with Crippen molar-refractivity contribution in [3.05, 3.63) is 22.2 Å². The maximum absolute atomic E-state index is 9.48. The van der Waals surface area contributed by atoms with Gasteiger partial charge in [-0.3, -0.25) is 0 Å². The minimum absolute atomic E-state index is 0.0685. The van der Waals surface area contributed by atoms with Gasteiger partial charge < -0.3 is 14.6 Å². The lowest BCUT2D eigenvalue weighted by Crippen LogP contribution is -2.23. The van der Waals surface area contributed by atoms with Crippen molar-refractivity contribution in [2.24, 2.45) is 0 Å². The highest BCUT2D eigenvalue weighted by atomic mass is 79.9. The molecular weight excluding hydrogens is 296 g/mol. The van der Waals surface area contributed by atoms with Gasteiger partial charge in [0.1, 0.15) is 0 Å². The maximum Gasteiger partial charge on any atom is 0.161 e. The van der Waals surface area contributed by atoms with E-state index in [2.05, 4.69) is 15.9 Å². The highest BCUT2D eigenvalue weighted by Crippen LogP contribution is 2.39. The number of rotatable bonds is 5. The molecule has 0 aliphatic heterocycles. The summed E-state index contributed by atoms with van der Waals surface area (Å²) >= 11 is 3.52. The second-order valence-electron chi connectivity index (χ2n) is 5.19. The fourth-order valence-electron chi connectivity index (χ4n) is 1.64. The minimum atomic E-state index is -0.333. The van der Waals surface area contributed by atoms with Crippen LogP contribution in [0.25, 0.3) is 0 Å². The van der Waals surface area contributed by atoms with Gasteiger partial charge in [-0.1, -0.05) is 29.8 Å². The molecule has 102 valence electrons. The molecule has 0 atom stereocenters. The number of hydrogen-bond acceptors (Lipinski definition) is 3. The Bertz CT molecular complexity index is 414. The summed E-state index contributed by atoms with van der Waals surface area (Å²) in [6.45, 7) is 7.98. The highest BCUT2D eigenvalue weighted by Gasteiger charge is 2.24. The van der Waals surface area contributed by atoms with E-state index in [0.717, 1.165) is 10.0 Å². The van der Waals surface area contributed by atoms with Crippen molar-refractivity contribution in [2.45, 2.75) is 39.2 Å². The van der Waals surface area contributed by atoms with Crippen LogP contribution in [0.3, 0.4) is 0 Å². The molecule has 1 aromatic rings. The molecule has 18 heavy (non-hydrogen) atoms. The summed E-state index contributed by atoms with van der Waals surface area (Å²) in [7, 11) is 1.62. The molecule has 0 radical (unpaired) electrons. The Morgan fingerprint density at radius 3 is 2.33 bits per heavy atom. The lowest BCUT2D eigenvalue weighted by molar-refractivity contribution is 0.213. The molecular formula is C14H21BrO3. The molecule has 0 saturated carbocycles. The van der Waals surface area contributed by atoms with Crippen LogP contribution in [0, 0.1) is 0 Å². The lowest BCUT2D eigenvalue weighted by atomic mass is 9.85. The summed E-state index contributed by atoms with van der Waals surface area (Å²) in [5, 5.41) is 9.48. The van der Waals surface area contributed by atoms with E-state index in [1.807, 2.05) is 39.8 Å². The number of halogens is 1. The highest BCUT2D eigenvalue weighted by molar-refractivity contribution is 9.10. The first-order valence-electron chi connectivity index (χ1n) is 5.97. The Labute approximate surface area is 117 Å². The van der Waals surface area contributed by atoms with Gasteiger partial charge in [-0.05, 0) is 31.5 Å². The van der Waals surface area contributed by atoms with Crippen LogP contribution in [-0.4, -0.2) is 24.9 Å². The Morgan fingerprint density at radius 1 is 1.28 bits per heavy atom. The van der Waals surface area contributed by atoms with Gasteiger partial charge in [-0.2, -0.15) is 0 Å². The molecule has 0 amide bonds. The predicted octanol–water partition coefficient (Wildman–Crippen LogP) is 3.51. The minimum Gasteiger partial charge on any atom is -0.493 e. The topological polar surface area (TPSA) is 38.7 Å². The quantitative estimate of drug-likeness (QED) is 0.903. The Morgan fingerprint density at radius 2 is 1.89 bits per heavy atom. The summed E-state index contributed by atoms with van der Waals surface area (Å²) in [4.78, 5) is 0. The number of benzene rings is 1. The first-order chi connectivity index (χ1) is 8.31. The van der Waals surface area contributed by atoms with Crippen LogP contribution >= 0.6 is 15.9 Å². The van der Waals surface area contributed by atoms with Crippen molar-refractivity contribution in [2.75, 3.05) is 13.7 Å². The van der Waals surface area contributed by atoms with E-state index in [-0.39, 0.29) is 18.1 Å². The van der Waals surface area contributed by atoms with Crippen molar-refractivity contribution in [3.8, 4) is 11.5 Å². The summed E-state index contributed by atoms with van der Waals surface area (Å²) in [6, 6.07) is 3.81. The van der Waals surface area contributed by atoms with Crippen molar-refractivity contribution < 1.29 is 14.6 Å². The second kappa shape index (κ2) is 5.93. The van der Waals surface area contributed by atoms with Gasteiger partial charge in [0.25, 0.3) is 0 Å². The van der Waals surface area contributed by atoms with E-state index in [0.29, 0.717) is 11.5 Å². The van der Waals surface area contributed by atoms with Crippen LogP contribution in [0.5, 0.6) is 11.5 Å². The van der Waals surface area contributed by atoms with Gasteiger partial charge in [0, 0.05) is 9.89 Å². The van der Waals surface area contributed by atoms with Crippen molar-refractivity contribution in [3.63, 3.8) is 0 Å². The maximum atomic E-state index is 9.48. The molecule has 0 unspecified atom stereocenters. The van der Waals surface area contributed by atoms with Gasteiger partial charge in [-0.15, -0.1) is 0 Å².